The molecule has 0 saturated heterocycles. The van der Waals surface area contributed by atoms with Crippen molar-refractivity contribution in [1.82, 2.24) is 0 Å². The Balaban J connectivity index is 2.17. The lowest BCUT2D eigenvalue weighted by Crippen LogP contribution is -2.08. The Labute approximate surface area is 109 Å². The van der Waals surface area contributed by atoms with Gasteiger partial charge < -0.3 is 15.6 Å². The van der Waals surface area contributed by atoms with Gasteiger partial charge in [-0.1, -0.05) is 0 Å². The maximum atomic E-state index is 11.8. The lowest BCUT2D eigenvalue weighted by atomic mass is 10.2. The Morgan fingerprint density at radius 1 is 1.21 bits per heavy atom. The highest BCUT2D eigenvalue weighted by molar-refractivity contribution is 5.91. The van der Waals surface area contributed by atoms with Gasteiger partial charge in [-0.05, 0) is 36.4 Å². The van der Waals surface area contributed by atoms with Crippen molar-refractivity contribution >= 4 is 11.7 Å². The molecule has 0 atom stereocenters. The maximum absolute atomic E-state index is 11.8. The number of hydrogen-bond donors (Lipinski definition) is 2. The van der Waals surface area contributed by atoms with E-state index in [-0.39, 0.29) is 17.2 Å². The zero-order valence-corrected chi connectivity index (χ0v) is 9.83. The smallest absolute Gasteiger partial charge is 0.343 e. The minimum absolute atomic E-state index is 0.0687. The first-order valence-corrected chi connectivity index (χ1v) is 5.41. The number of nitriles is 1. The SMILES string of the molecule is N#Cc1ccc(OC(=O)c2ccc(O)cc2)cc1N. The molecule has 2 aromatic carbocycles. The highest BCUT2D eigenvalue weighted by Crippen LogP contribution is 2.20. The molecule has 0 spiro atoms. The molecule has 94 valence electrons. The summed E-state index contributed by atoms with van der Waals surface area (Å²) in [7, 11) is 0. The highest BCUT2D eigenvalue weighted by atomic mass is 16.5. The molecule has 5 nitrogen and oxygen atoms in total. The van der Waals surface area contributed by atoms with Gasteiger partial charge in [-0.3, -0.25) is 0 Å². The minimum Gasteiger partial charge on any atom is -0.508 e. The van der Waals surface area contributed by atoms with Gasteiger partial charge in [0.2, 0.25) is 0 Å². The summed E-state index contributed by atoms with van der Waals surface area (Å²) in [5.74, 6) is -0.238. The van der Waals surface area contributed by atoms with Crippen LogP contribution in [0, 0.1) is 11.3 Å². The number of anilines is 1. The standard InChI is InChI=1S/C14H10N2O3/c15-8-10-3-6-12(7-13(10)16)19-14(18)9-1-4-11(17)5-2-9/h1-7,17H,16H2. The van der Waals surface area contributed by atoms with Crippen LogP contribution in [0.2, 0.25) is 0 Å². The van der Waals surface area contributed by atoms with Crippen molar-refractivity contribution in [2.75, 3.05) is 5.73 Å². The molecule has 0 heterocycles. The lowest BCUT2D eigenvalue weighted by molar-refractivity contribution is 0.0735. The second-order valence-corrected chi connectivity index (χ2v) is 3.80. The van der Waals surface area contributed by atoms with Crippen molar-refractivity contribution in [2.45, 2.75) is 0 Å². The van der Waals surface area contributed by atoms with Gasteiger partial charge in [0.05, 0.1) is 16.8 Å². The average Bonchev–Trinajstić information content (AvgIpc) is 2.39. The van der Waals surface area contributed by atoms with Gasteiger partial charge >= 0.3 is 5.97 Å². The summed E-state index contributed by atoms with van der Waals surface area (Å²) in [4.78, 5) is 11.8. The summed E-state index contributed by atoms with van der Waals surface area (Å²) in [5, 5.41) is 17.9. The molecule has 0 amide bonds. The monoisotopic (exact) mass is 254 g/mol. The number of benzene rings is 2. The quantitative estimate of drug-likeness (QED) is 0.485. The third-order valence-electron chi connectivity index (χ3n) is 2.46. The normalized spacial score (nSPS) is 9.63. The first kappa shape index (κ1) is 12.5. The molecule has 0 aliphatic carbocycles. The molecule has 0 aromatic heterocycles. The average molecular weight is 254 g/mol. The van der Waals surface area contributed by atoms with E-state index in [2.05, 4.69) is 0 Å². The number of carbonyl (C=O) groups excluding carboxylic acids is 1. The second kappa shape index (κ2) is 5.10. The third-order valence-corrected chi connectivity index (χ3v) is 2.46. The summed E-state index contributed by atoms with van der Waals surface area (Å²) in [6.45, 7) is 0. The molecule has 0 fully saturated rings. The number of carbonyl (C=O) groups is 1. The van der Waals surface area contributed by atoms with E-state index in [0.29, 0.717) is 11.1 Å². The number of nitrogens with two attached hydrogens (primary N) is 1. The minimum atomic E-state index is -0.566. The van der Waals surface area contributed by atoms with Crippen molar-refractivity contribution in [3.05, 3.63) is 53.6 Å². The molecule has 0 aliphatic rings. The van der Waals surface area contributed by atoms with Crippen LogP contribution in [0.4, 0.5) is 5.69 Å². The molecular formula is C14H10N2O3. The molecule has 3 N–H and O–H groups in total. The molecule has 0 unspecified atom stereocenters. The topological polar surface area (TPSA) is 96.3 Å². The van der Waals surface area contributed by atoms with Crippen molar-refractivity contribution < 1.29 is 14.6 Å². The second-order valence-electron chi connectivity index (χ2n) is 3.80. The Hall–Kier alpha value is -3.00. The Morgan fingerprint density at radius 2 is 1.89 bits per heavy atom. The van der Waals surface area contributed by atoms with Crippen molar-refractivity contribution in [3.8, 4) is 17.6 Å². The summed E-state index contributed by atoms with van der Waals surface area (Å²) >= 11 is 0. The lowest BCUT2D eigenvalue weighted by Gasteiger charge is -2.06. The van der Waals surface area contributed by atoms with E-state index in [1.54, 1.807) is 0 Å². The summed E-state index contributed by atoms with van der Waals surface area (Å²) < 4.78 is 5.11. The Morgan fingerprint density at radius 3 is 2.47 bits per heavy atom. The molecule has 0 aliphatic heterocycles. The van der Waals surface area contributed by atoms with Gasteiger partial charge in [-0.15, -0.1) is 0 Å². The Kier molecular flexibility index (Phi) is 3.35. The van der Waals surface area contributed by atoms with E-state index >= 15 is 0 Å². The zero-order chi connectivity index (χ0) is 13.8. The molecule has 2 aromatic rings. The summed E-state index contributed by atoms with van der Waals surface area (Å²) in [6, 6.07) is 12.0. The van der Waals surface area contributed by atoms with E-state index in [0.717, 1.165) is 0 Å². The van der Waals surface area contributed by atoms with Crippen LogP contribution in [0.1, 0.15) is 15.9 Å². The summed E-state index contributed by atoms with van der Waals surface area (Å²) in [6.07, 6.45) is 0. The van der Waals surface area contributed by atoms with Crippen molar-refractivity contribution in [1.29, 1.82) is 5.26 Å². The van der Waals surface area contributed by atoms with Crippen LogP contribution >= 0.6 is 0 Å². The van der Waals surface area contributed by atoms with Crippen LogP contribution in [0.3, 0.4) is 0 Å². The maximum Gasteiger partial charge on any atom is 0.343 e. The Bertz CT molecular complexity index is 657. The van der Waals surface area contributed by atoms with Gasteiger partial charge in [0.1, 0.15) is 17.6 Å². The van der Waals surface area contributed by atoms with Crippen LogP contribution in [-0.4, -0.2) is 11.1 Å². The van der Waals surface area contributed by atoms with Gasteiger partial charge in [0.25, 0.3) is 0 Å². The largest absolute Gasteiger partial charge is 0.508 e. The van der Waals surface area contributed by atoms with Crippen molar-refractivity contribution in [2.24, 2.45) is 0 Å². The number of ether oxygens (including phenoxy) is 1. The van der Waals surface area contributed by atoms with E-state index < -0.39 is 5.97 Å². The number of phenols is 1. The molecule has 0 radical (unpaired) electrons. The van der Waals surface area contributed by atoms with Crippen molar-refractivity contribution in [3.63, 3.8) is 0 Å². The highest BCUT2D eigenvalue weighted by Gasteiger charge is 2.09. The molecular weight excluding hydrogens is 244 g/mol. The molecule has 2 rings (SSSR count). The van der Waals surface area contributed by atoms with E-state index in [1.807, 2.05) is 6.07 Å². The number of phenolic OH excluding ortho intramolecular Hbond substituents is 1. The predicted molar refractivity (Wildman–Crippen MR) is 68.6 cm³/mol. The number of nitrogen functional groups attached to an aromatic ring is 1. The number of esters is 1. The fourth-order valence-corrected chi connectivity index (χ4v) is 1.47. The number of nitrogens with zero attached hydrogens (tertiary/aromatic N) is 1. The molecule has 19 heavy (non-hydrogen) atoms. The summed E-state index contributed by atoms with van der Waals surface area (Å²) in [5.41, 5.74) is 6.50. The van der Waals surface area contributed by atoms with Crippen LogP contribution < -0.4 is 10.5 Å². The molecule has 5 heteroatoms. The van der Waals surface area contributed by atoms with Crippen LogP contribution in [0.15, 0.2) is 42.5 Å². The fraction of sp³-hybridized carbons (Fsp3) is 0. The third kappa shape index (κ3) is 2.82. The fourth-order valence-electron chi connectivity index (χ4n) is 1.47. The van der Waals surface area contributed by atoms with E-state index in [9.17, 15) is 4.79 Å². The number of rotatable bonds is 2. The van der Waals surface area contributed by atoms with Crippen LogP contribution in [0.5, 0.6) is 11.5 Å². The first-order chi connectivity index (χ1) is 9.10. The van der Waals surface area contributed by atoms with Gasteiger partial charge in [-0.2, -0.15) is 5.26 Å². The van der Waals surface area contributed by atoms with Gasteiger partial charge in [-0.25, -0.2) is 4.79 Å². The molecule has 0 saturated carbocycles. The number of hydrogen-bond acceptors (Lipinski definition) is 5. The van der Waals surface area contributed by atoms with Gasteiger partial charge in [0, 0.05) is 6.07 Å². The van der Waals surface area contributed by atoms with Gasteiger partial charge in [0.15, 0.2) is 0 Å². The zero-order valence-electron chi connectivity index (χ0n) is 9.83. The van der Waals surface area contributed by atoms with E-state index in [4.69, 9.17) is 20.8 Å². The van der Waals surface area contributed by atoms with E-state index in [1.165, 1.54) is 42.5 Å². The molecule has 0 bridgehead atoms. The van der Waals surface area contributed by atoms with Crippen LogP contribution in [0.25, 0.3) is 0 Å². The predicted octanol–water partition coefficient (Wildman–Crippen LogP) is 2.07. The number of aromatic hydroxyl groups is 1. The first-order valence-electron chi connectivity index (χ1n) is 5.41. The van der Waals surface area contributed by atoms with Crippen LogP contribution in [-0.2, 0) is 0 Å².